The smallest absolute Gasteiger partial charge is 0.308 e. The lowest BCUT2D eigenvalue weighted by atomic mass is 9.81. The van der Waals surface area contributed by atoms with Gasteiger partial charge in [0.2, 0.25) is 0 Å². The highest BCUT2D eigenvalue weighted by molar-refractivity contribution is 7.57. The van der Waals surface area contributed by atoms with Crippen LogP contribution in [0, 0.1) is 12.3 Å². The lowest BCUT2D eigenvalue weighted by molar-refractivity contribution is -0.120. The molecule has 1 fully saturated rings. The third kappa shape index (κ3) is 3.15. The molecule has 142 valence electrons. The van der Waals surface area contributed by atoms with E-state index in [4.69, 9.17) is 15.5 Å². The van der Waals surface area contributed by atoms with Crippen LogP contribution in [0.25, 0.3) is 10.8 Å². The van der Waals surface area contributed by atoms with Crippen LogP contribution in [-0.4, -0.2) is 24.2 Å². The van der Waals surface area contributed by atoms with E-state index in [1.165, 1.54) is 0 Å². The summed E-state index contributed by atoms with van der Waals surface area (Å²) in [7, 11) is -3.76. The second-order valence-electron chi connectivity index (χ2n) is 6.70. The summed E-state index contributed by atoms with van der Waals surface area (Å²) in [5.74, 6) is 1.99. The Hall–Kier alpha value is -1.92. The highest BCUT2D eigenvalue weighted by Crippen LogP contribution is 2.69. The summed E-state index contributed by atoms with van der Waals surface area (Å²) in [6, 6.07) is 13.7. The number of fused-ring (bicyclic) bond motifs is 1. The van der Waals surface area contributed by atoms with Crippen molar-refractivity contribution >= 4 is 24.2 Å². The second kappa shape index (κ2) is 7.98. The quantitative estimate of drug-likeness (QED) is 0.479. The van der Waals surface area contributed by atoms with Gasteiger partial charge in [0.15, 0.2) is 5.78 Å². The molecule has 0 spiro atoms. The number of carbonyl (C=O) groups excluding carboxylic acids is 1. The molecule has 0 bridgehead atoms. The summed E-state index contributed by atoms with van der Waals surface area (Å²) in [4.78, 5) is 13.2. The van der Waals surface area contributed by atoms with Crippen LogP contribution in [0.3, 0.4) is 0 Å². The first-order valence-corrected chi connectivity index (χ1v) is 10.9. The van der Waals surface area contributed by atoms with Crippen LogP contribution in [0.5, 0.6) is 0 Å². The minimum atomic E-state index is -3.76. The van der Waals surface area contributed by atoms with Gasteiger partial charge in [0.05, 0.1) is 19.1 Å². The number of hydrogen-bond acceptors (Lipinski definition) is 4. The Morgan fingerprint density at radius 2 is 1.81 bits per heavy atom. The summed E-state index contributed by atoms with van der Waals surface area (Å²) in [5.41, 5.74) is 0.825. The monoisotopic (exact) mass is 384 g/mol. The van der Waals surface area contributed by atoms with Crippen LogP contribution in [0.4, 0.5) is 0 Å². The lowest BCUT2D eigenvalue weighted by Gasteiger charge is -2.38. The number of rotatable bonds is 7. The minimum absolute atomic E-state index is 0.122. The summed E-state index contributed by atoms with van der Waals surface area (Å²) in [5, 5.41) is 0.651. The SMILES string of the molecule is C#C[C@@H](c1cccc2ccccc12)[C@@]1(P(=O)(OCC)OCC)CCCC1=O. The molecule has 4 nitrogen and oxygen atoms in total. The van der Waals surface area contributed by atoms with Crippen molar-refractivity contribution in [3.8, 4) is 12.3 Å². The molecule has 2 aromatic rings. The molecule has 0 unspecified atom stereocenters. The highest BCUT2D eigenvalue weighted by atomic mass is 31.2. The van der Waals surface area contributed by atoms with E-state index in [1.807, 2.05) is 42.5 Å². The molecular formula is C22H25O4P. The predicted octanol–water partition coefficient (Wildman–Crippen LogP) is 5.31. The van der Waals surface area contributed by atoms with Gasteiger partial charge in [0, 0.05) is 6.42 Å². The van der Waals surface area contributed by atoms with Crippen molar-refractivity contribution in [2.75, 3.05) is 13.2 Å². The Morgan fingerprint density at radius 3 is 2.41 bits per heavy atom. The Labute approximate surface area is 160 Å². The molecule has 1 aliphatic carbocycles. The molecule has 0 radical (unpaired) electrons. The number of Topliss-reactive ketones (excluding diaryl/α,β-unsaturated/α-hetero) is 1. The van der Waals surface area contributed by atoms with Crippen LogP contribution < -0.4 is 0 Å². The molecule has 2 aromatic carbocycles. The number of terminal acetylenes is 1. The predicted molar refractivity (Wildman–Crippen MR) is 108 cm³/mol. The van der Waals surface area contributed by atoms with E-state index in [-0.39, 0.29) is 19.0 Å². The number of ketones is 1. The van der Waals surface area contributed by atoms with Crippen LogP contribution in [0.15, 0.2) is 42.5 Å². The van der Waals surface area contributed by atoms with Gasteiger partial charge in [-0.3, -0.25) is 9.36 Å². The van der Waals surface area contributed by atoms with Crippen molar-refractivity contribution in [1.82, 2.24) is 0 Å². The molecule has 1 saturated carbocycles. The number of carbonyl (C=O) groups is 1. The third-order valence-corrected chi connectivity index (χ3v) is 8.21. The van der Waals surface area contributed by atoms with E-state index in [9.17, 15) is 9.36 Å². The van der Waals surface area contributed by atoms with Crippen molar-refractivity contribution in [3.63, 3.8) is 0 Å². The van der Waals surface area contributed by atoms with E-state index in [2.05, 4.69) is 5.92 Å². The molecule has 0 N–H and O–H groups in total. The highest BCUT2D eigenvalue weighted by Gasteiger charge is 2.62. The maximum Gasteiger partial charge on any atom is 0.345 e. The largest absolute Gasteiger partial charge is 0.345 e. The maximum atomic E-state index is 13.9. The van der Waals surface area contributed by atoms with Gasteiger partial charge in [-0.15, -0.1) is 6.42 Å². The van der Waals surface area contributed by atoms with Crippen LogP contribution in [0.1, 0.15) is 44.6 Å². The average Bonchev–Trinajstić information content (AvgIpc) is 3.06. The Bertz CT molecular complexity index is 914. The van der Waals surface area contributed by atoms with E-state index < -0.39 is 18.7 Å². The molecule has 0 heterocycles. The maximum absolute atomic E-state index is 13.9. The first-order chi connectivity index (χ1) is 13.0. The molecule has 3 rings (SSSR count). The van der Waals surface area contributed by atoms with E-state index in [1.54, 1.807) is 13.8 Å². The third-order valence-electron chi connectivity index (χ3n) is 5.31. The van der Waals surface area contributed by atoms with Gasteiger partial charge < -0.3 is 9.05 Å². The summed E-state index contributed by atoms with van der Waals surface area (Å²) >= 11 is 0. The van der Waals surface area contributed by atoms with E-state index >= 15 is 0 Å². The van der Waals surface area contributed by atoms with E-state index in [0.29, 0.717) is 19.3 Å². The fourth-order valence-corrected chi connectivity index (χ4v) is 6.82. The first-order valence-electron chi connectivity index (χ1n) is 9.40. The van der Waals surface area contributed by atoms with Crippen LogP contribution in [0.2, 0.25) is 0 Å². The molecule has 0 aromatic heterocycles. The number of hydrogen-bond donors (Lipinski definition) is 0. The van der Waals surface area contributed by atoms with E-state index in [0.717, 1.165) is 16.3 Å². The normalized spacial score (nSPS) is 21.3. The lowest BCUT2D eigenvalue weighted by Crippen LogP contribution is -2.41. The van der Waals surface area contributed by atoms with Crippen LogP contribution >= 0.6 is 7.60 Å². The Balaban J connectivity index is 2.27. The topological polar surface area (TPSA) is 52.6 Å². The van der Waals surface area contributed by atoms with Crippen molar-refractivity contribution in [2.45, 2.75) is 44.2 Å². The van der Waals surface area contributed by atoms with Crippen molar-refractivity contribution in [2.24, 2.45) is 0 Å². The molecule has 0 aliphatic heterocycles. The van der Waals surface area contributed by atoms with Gasteiger partial charge in [-0.25, -0.2) is 0 Å². The fourth-order valence-electron chi connectivity index (χ4n) is 4.22. The minimum Gasteiger partial charge on any atom is -0.308 e. The van der Waals surface area contributed by atoms with Gasteiger partial charge in [-0.1, -0.05) is 48.4 Å². The summed E-state index contributed by atoms with van der Waals surface area (Å²) in [6.07, 6.45) is 7.35. The molecule has 27 heavy (non-hydrogen) atoms. The van der Waals surface area contributed by atoms with Crippen molar-refractivity contribution in [1.29, 1.82) is 0 Å². The zero-order valence-corrected chi connectivity index (χ0v) is 16.7. The van der Waals surface area contributed by atoms with Gasteiger partial charge in [0.25, 0.3) is 0 Å². The molecule has 2 atom stereocenters. The molecular weight excluding hydrogens is 359 g/mol. The Morgan fingerprint density at radius 1 is 1.15 bits per heavy atom. The fraction of sp³-hybridized carbons (Fsp3) is 0.409. The van der Waals surface area contributed by atoms with Gasteiger partial charge >= 0.3 is 7.60 Å². The first kappa shape index (κ1) is 19.8. The van der Waals surface area contributed by atoms with Crippen LogP contribution in [-0.2, 0) is 18.4 Å². The second-order valence-corrected chi connectivity index (χ2v) is 9.01. The Kier molecular flexibility index (Phi) is 5.86. The molecule has 1 aliphatic rings. The van der Waals surface area contributed by atoms with Crippen molar-refractivity contribution < 1.29 is 18.4 Å². The summed E-state index contributed by atoms with van der Waals surface area (Å²) < 4.78 is 25.2. The van der Waals surface area contributed by atoms with Gasteiger partial charge in [0.1, 0.15) is 5.16 Å². The summed E-state index contributed by atoms with van der Waals surface area (Å²) in [6.45, 7) is 3.89. The average molecular weight is 384 g/mol. The molecule has 0 amide bonds. The molecule has 0 saturated heterocycles. The van der Waals surface area contributed by atoms with Gasteiger partial charge in [-0.05, 0) is 43.0 Å². The zero-order valence-electron chi connectivity index (χ0n) is 15.8. The molecule has 5 heteroatoms. The zero-order chi connectivity index (χ0) is 19.5. The van der Waals surface area contributed by atoms with Crippen molar-refractivity contribution in [3.05, 3.63) is 48.0 Å². The van der Waals surface area contributed by atoms with Gasteiger partial charge in [-0.2, -0.15) is 0 Å². The standard InChI is InChI=1S/C22H25O4P/c1-4-20(19-14-9-12-17-11-7-8-13-18(17)19)22(16-10-15-21(22)23)27(24,25-5-2)26-6-3/h1,7-9,11-14,20H,5-6,10,15-16H2,2-3H3/t20-,22-/m0/s1. The number of benzene rings is 2.